The van der Waals surface area contributed by atoms with Crippen molar-refractivity contribution in [1.82, 2.24) is 15.3 Å². The molecule has 2 aliphatic carbocycles. The maximum absolute atomic E-state index is 12.2. The van der Waals surface area contributed by atoms with Crippen LogP contribution in [-0.4, -0.2) is 28.0 Å². The molecule has 3 rings (SSSR count). The van der Waals surface area contributed by atoms with Crippen LogP contribution >= 0.6 is 0 Å². The Morgan fingerprint density at radius 1 is 1.26 bits per heavy atom. The first-order valence-electron chi connectivity index (χ1n) is 7.06. The third-order valence-corrected chi connectivity index (χ3v) is 4.47. The Balaban J connectivity index is 1.71. The molecule has 0 aromatic carbocycles. The number of nitrogens with two attached hydrogens (primary N) is 1. The number of carbonyl (C=O) groups is 1. The smallest absolute Gasteiger partial charge is 0.271 e. The Morgan fingerprint density at radius 3 is 2.63 bits per heavy atom. The van der Waals surface area contributed by atoms with Crippen LogP contribution in [0.5, 0.6) is 0 Å². The largest absolute Gasteiger partial charge is 0.347 e. The van der Waals surface area contributed by atoms with Gasteiger partial charge in [-0.15, -0.1) is 0 Å². The number of rotatable bonds is 2. The van der Waals surface area contributed by atoms with Gasteiger partial charge in [-0.1, -0.05) is 6.42 Å². The summed E-state index contributed by atoms with van der Waals surface area (Å²) >= 11 is 0. The molecule has 1 amide bonds. The summed E-state index contributed by atoms with van der Waals surface area (Å²) in [5.74, 6) is 0.955. The van der Waals surface area contributed by atoms with Crippen LogP contribution in [0.15, 0.2) is 18.6 Å². The molecule has 1 heterocycles. The van der Waals surface area contributed by atoms with Crippen molar-refractivity contribution in [1.29, 1.82) is 0 Å². The molecule has 5 nitrogen and oxygen atoms in total. The number of hydrogen-bond acceptors (Lipinski definition) is 4. The molecule has 0 aliphatic heterocycles. The number of carbonyl (C=O) groups excluding carboxylic acids is 1. The molecule has 102 valence electrons. The molecule has 2 bridgehead atoms. The number of nitrogens with zero attached hydrogens (tertiary/aromatic N) is 2. The summed E-state index contributed by atoms with van der Waals surface area (Å²) in [7, 11) is 0. The van der Waals surface area contributed by atoms with Crippen molar-refractivity contribution in [2.24, 2.45) is 17.6 Å². The van der Waals surface area contributed by atoms with E-state index >= 15 is 0 Å². The predicted octanol–water partition coefficient (Wildman–Crippen LogP) is 1.11. The van der Waals surface area contributed by atoms with E-state index in [0.717, 1.165) is 12.8 Å². The van der Waals surface area contributed by atoms with Gasteiger partial charge in [0.05, 0.1) is 6.20 Å². The van der Waals surface area contributed by atoms with Crippen LogP contribution in [0.4, 0.5) is 0 Å². The van der Waals surface area contributed by atoms with E-state index < -0.39 is 0 Å². The van der Waals surface area contributed by atoms with Crippen LogP contribution in [0.25, 0.3) is 0 Å². The zero-order valence-electron chi connectivity index (χ0n) is 11.0. The monoisotopic (exact) mass is 260 g/mol. The van der Waals surface area contributed by atoms with Crippen LogP contribution in [0, 0.1) is 11.8 Å². The van der Waals surface area contributed by atoms with Crippen molar-refractivity contribution in [3.63, 3.8) is 0 Å². The van der Waals surface area contributed by atoms with Gasteiger partial charge >= 0.3 is 0 Å². The highest BCUT2D eigenvalue weighted by Crippen LogP contribution is 2.39. The fourth-order valence-electron chi connectivity index (χ4n) is 3.67. The fraction of sp³-hybridized carbons (Fsp3) is 0.643. The van der Waals surface area contributed by atoms with Gasteiger partial charge in [-0.05, 0) is 37.5 Å². The van der Waals surface area contributed by atoms with Gasteiger partial charge in [0.25, 0.3) is 5.91 Å². The lowest BCUT2D eigenvalue weighted by molar-refractivity contribution is 0.0751. The van der Waals surface area contributed by atoms with Gasteiger partial charge in [0, 0.05) is 24.5 Å². The SMILES string of the molecule is NC1CC2CCCC(C1)C2NC(=O)c1cnccn1. The second kappa shape index (κ2) is 5.25. The quantitative estimate of drug-likeness (QED) is 0.834. The number of amides is 1. The van der Waals surface area contributed by atoms with Gasteiger partial charge in [-0.3, -0.25) is 9.78 Å². The van der Waals surface area contributed by atoms with E-state index in [1.165, 1.54) is 25.5 Å². The van der Waals surface area contributed by atoms with Crippen molar-refractivity contribution in [2.75, 3.05) is 0 Å². The third kappa shape index (κ3) is 2.61. The van der Waals surface area contributed by atoms with Crippen LogP contribution in [0.3, 0.4) is 0 Å². The summed E-state index contributed by atoms with van der Waals surface area (Å²) < 4.78 is 0. The Hall–Kier alpha value is -1.49. The lowest BCUT2D eigenvalue weighted by Crippen LogP contribution is -2.53. The van der Waals surface area contributed by atoms with Crippen molar-refractivity contribution in [2.45, 2.75) is 44.2 Å². The van der Waals surface area contributed by atoms with Gasteiger partial charge in [0.2, 0.25) is 0 Å². The highest BCUT2D eigenvalue weighted by atomic mass is 16.2. The van der Waals surface area contributed by atoms with E-state index in [9.17, 15) is 4.79 Å². The van der Waals surface area contributed by atoms with Crippen LogP contribution in [-0.2, 0) is 0 Å². The number of hydrogen-bond donors (Lipinski definition) is 2. The van der Waals surface area contributed by atoms with Crippen molar-refractivity contribution in [3.05, 3.63) is 24.3 Å². The minimum atomic E-state index is -0.106. The van der Waals surface area contributed by atoms with E-state index in [-0.39, 0.29) is 11.9 Å². The van der Waals surface area contributed by atoms with E-state index in [1.807, 2.05) is 0 Å². The summed E-state index contributed by atoms with van der Waals surface area (Å²) in [4.78, 5) is 20.2. The average Bonchev–Trinajstić information content (AvgIpc) is 2.41. The molecule has 1 aromatic rings. The van der Waals surface area contributed by atoms with Gasteiger partial charge in [0.1, 0.15) is 5.69 Å². The molecule has 2 saturated carbocycles. The number of nitrogens with one attached hydrogen (secondary N) is 1. The molecule has 2 unspecified atom stereocenters. The second-order valence-corrected chi connectivity index (χ2v) is 5.77. The first kappa shape index (κ1) is 12.5. The summed E-state index contributed by atoms with van der Waals surface area (Å²) in [6, 6.07) is 0.572. The standard InChI is InChI=1S/C14H20N4O/c15-11-6-9-2-1-3-10(7-11)13(9)18-14(19)12-8-16-4-5-17-12/h4-5,8-11,13H,1-3,6-7,15H2,(H,18,19). The Bertz CT molecular complexity index is 436. The van der Waals surface area contributed by atoms with Gasteiger partial charge in [0.15, 0.2) is 0 Å². The van der Waals surface area contributed by atoms with E-state index in [1.54, 1.807) is 12.4 Å². The second-order valence-electron chi connectivity index (χ2n) is 5.77. The first-order chi connectivity index (χ1) is 9.24. The minimum Gasteiger partial charge on any atom is -0.347 e. The molecular weight excluding hydrogens is 240 g/mol. The summed E-state index contributed by atoms with van der Waals surface area (Å²) in [5, 5.41) is 3.16. The van der Waals surface area contributed by atoms with Crippen molar-refractivity contribution >= 4 is 5.91 Å². The van der Waals surface area contributed by atoms with Gasteiger partial charge in [-0.2, -0.15) is 0 Å². The number of aromatic nitrogens is 2. The van der Waals surface area contributed by atoms with Crippen molar-refractivity contribution < 1.29 is 4.79 Å². The highest BCUT2D eigenvalue weighted by molar-refractivity contribution is 5.92. The number of fused-ring (bicyclic) bond motifs is 2. The van der Waals surface area contributed by atoms with Crippen LogP contribution in [0.2, 0.25) is 0 Å². The molecule has 0 spiro atoms. The maximum Gasteiger partial charge on any atom is 0.271 e. The molecule has 2 fully saturated rings. The van der Waals surface area contributed by atoms with Crippen LogP contribution in [0.1, 0.15) is 42.6 Å². The Labute approximate surface area is 113 Å². The van der Waals surface area contributed by atoms with Gasteiger partial charge < -0.3 is 11.1 Å². The summed E-state index contributed by atoms with van der Waals surface area (Å²) in [6.07, 6.45) is 10.3. The van der Waals surface area contributed by atoms with Crippen molar-refractivity contribution in [3.8, 4) is 0 Å². The molecule has 3 N–H and O–H groups in total. The zero-order chi connectivity index (χ0) is 13.2. The van der Waals surface area contributed by atoms with E-state index in [4.69, 9.17) is 5.73 Å². The highest BCUT2D eigenvalue weighted by Gasteiger charge is 2.40. The molecule has 2 atom stereocenters. The lowest BCUT2D eigenvalue weighted by atomic mass is 9.67. The maximum atomic E-state index is 12.2. The third-order valence-electron chi connectivity index (χ3n) is 4.47. The molecule has 0 saturated heterocycles. The molecular formula is C14H20N4O. The van der Waals surface area contributed by atoms with Gasteiger partial charge in [-0.25, -0.2) is 4.98 Å². The molecule has 19 heavy (non-hydrogen) atoms. The fourth-order valence-corrected chi connectivity index (χ4v) is 3.67. The lowest BCUT2D eigenvalue weighted by Gasteiger charge is -2.45. The zero-order valence-corrected chi connectivity index (χ0v) is 11.0. The summed E-state index contributed by atoms with van der Waals surface area (Å²) in [6.45, 7) is 0. The predicted molar refractivity (Wildman–Crippen MR) is 71.3 cm³/mol. The molecule has 2 aliphatic rings. The van der Waals surface area contributed by atoms with E-state index in [2.05, 4.69) is 15.3 Å². The first-order valence-corrected chi connectivity index (χ1v) is 7.06. The topological polar surface area (TPSA) is 80.9 Å². The summed E-state index contributed by atoms with van der Waals surface area (Å²) in [5.41, 5.74) is 6.49. The Kier molecular flexibility index (Phi) is 3.46. The normalized spacial score (nSPS) is 33.7. The van der Waals surface area contributed by atoms with E-state index in [0.29, 0.717) is 23.6 Å². The van der Waals surface area contributed by atoms with Crippen LogP contribution < -0.4 is 11.1 Å². The average molecular weight is 260 g/mol. The molecule has 0 radical (unpaired) electrons. The molecule has 5 heteroatoms. The molecule has 1 aromatic heterocycles. The Morgan fingerprint density at radius 2 is 2.00 bits per heavy atom. The minimum absolute atomic E-state index is 0.106.